The molecular formula is C27H32ClN5O3. The smallest absolute Gasteiger partial charge is 0.412 e. The van der Waals surface area contributed by atoms with Gasteiger partial charge in [-0.05, 0) is 76.4 Å². The van der Waals surface area contributed by atoms with Crippen LogP contribution in [0, 0.1) is 12.8 Å². The van der Waals surface area contributed by atoms with E-state index >= 15 is 0 Å². The third kappa shape index (κ3) is 6.95. The number of nitrogens with zero attached hydrogens (tertiary/aromatic N) is 3. The van der Waals surface area contributed by atoms with Crippen LogP contribution in [0.5, 0.6) is 0 Å². The summed E-state index contributed by atoms with van der Waals surface area (Å²) in [6.45, 7) is 9.11. The molecule has 3 aromatic rings. The number of nitrogen functional groups attached to an aromatic ring is 1. The molecule has 1 aromatic heterocycles. The normalized spacial score (nSPS) is 12.1. The highest BCUT2D eigenvalue weighted by molar-refractivity contribution is 6.30. The van der Waals surface area contributed by atoms with Gasteiger partial charge < -0.3 is 10.5 Å². The predicted octanol–water partition coefficient (Wildman–Crippen LogP) is 6.30. The van der Waals surface area contributed by atoms with Gasteiger partial charge in [0.15, 0.2) is 0 Å². The minimum atomic E-state index is -0.644. The molecule has 3 N–H and O–H groups in total. The van der Waals surface area contributed by atoms with E-state index < -0.39 is 11.7 Å². The lowest BCUT2D eigenvalue weighted by Crippen LogP contribution is -2.34. The topological polar surface area (TPSA) is 110 Å². The summed E-state index contributed by atoms with van der Waals surface area (Å²) in [5.74, 6) is 0.176. The second-order valence-corrected chi connectivity index (χ2v) is 9.93. The first-order valence-corrected chi connectivity index (χ1v) is 12.1. The van der Waals surface area contributed by atoms with Crippen molar-refractivity contribution in [3.8, 4) is 0 Å². The van der Waals surface area contributed by atoms with Gasteiger partial charge in [0.1, 0.15) is 23.6 Å². The number of amides is 2. The van der Waals surface area contributed by atoms with Gasteiger partial charge in [-0.1, -0.05) is 36.7 Å². The minimum Gasteiger partial charge on any atom is -0.444 e. The Hall–Kier alpha value is -3.65. The van der Waals surface area contributed by atoms with E-state index in [4.69, 9.17) is 22.1 Å². The molecule has 0 aliphatic carbocycles. The zero-order valence-corrected chi connectivity index (χ0v) is 22.0. The summed E-state index contributed by atoms with van der Waals surface area (Å²) in [4.78, 5) is 36.3. The SMILES string of the molecule is CCC(Cc1ccc(Cl)cc1)C(=O)N(c1cccc(NC(=O)OC(C)(C)C)c1)c1ncnc(N)c1C. The summed E-state index contributed by atoms with van der Waals surface area (Å²) in [6.07, 6.45) is 1.88. The van der Waals surface area contributed by atoms with Gasteiger partial charge in [-0.3, -0.25) is 15.0 Å². The molecule has 0 saturated carbocycles. The molecule has 1 unspecified atom stereocenters. The molecule has 0 radical (unpaired) electrons. The molecule has 8 nitrogen and oxygen atoms in total. The first-order chi connectivity index (χ1) is 17.0. The Kier molecular flexibility index (Phi) is 8.53. The average Bonchev–Trinajstić information content (AvgIpc) is 2.80. The summed E-state index contributed by atoms with van der Waals surface area (Å²) >= 11 is 6.03. The molecule has 9 heteroatoms. The van der Waals surface area contributed by atoms with Crippen LogP contribution in [0.2, 0.25) is 5.02 Å². The molecule has 3 rings (SSSR count). The highest BCUT2D eigenvalue weighted by Gasteiger charge is 2.29. The maximum absolute atomic E-state index is 14.0. The number of anilines is 4. The number of nitrogens with one attached hydrogen (secondary N) is 1. The van der Waals surface area contributed by atoms with Crippen molar-refractivity contribution in [1.29, 1.82) is 0 Å². The lowest BCUT2D eigenvalue weighted by molar-refractivity contribution is -0.121. The molecule has 2 aromatic carbocycles. The first-order valence-electron chi connectivity index (χ1n) is 11.7. The van der Waals surface area contributed by atoms with Gasteiger partial charge in [-0.15, -0.1) is 0 Å². The van der Waals surface area contributed by atoms with Crippen LogP contribution < -0.4 is 16.0 Å². The van der Waals surface area contributed by atoms with Crippen LogP contribution in [0.25, 0.3) is 0 Å². The highest BCUT2D eigenvalue weighted by Crippen LogP contribution is 2.33. The van der Waals surface area contributed by atoms with Gasteiger partial charge in [0.2, 0.25) is 5.91 Å². The van der Waals surface area contributed by atoms with E-state index in [1.165, 1.54) is 11.2 Å². The second kappa shape index (κ2) is 11.4. The fourth-order valence-electron chi connectivity index (χ4n) is 3.67. The summed E-state index contributed by atoms with van der Waals surface area (Å²) in [7, 11) is 0. The van der Waals surface area contributed by atoms with Crippen molar-refractivity contribution in [1.82, 2.24) is 9.97 Å². The molecule has 1 atom stereocenters. The van der Waals surface area contributed by atoms with Crippen LogP contribution in [0.3, 0.4) is 0 Å². The lowest BCUT2D eigenvalue weighted by atomic mass is 9.95. The number of benzene rings is 2. The van der Waals surface area contributed by atoms with Crippen molar-refractivity contribution >= 4 is 46.6 Å². The van der Waals surface area contributed by atoms with E-state index in [0.717, 1.165) is 5.56 Å². The summed E-state index contributed by atoms with van der Waals surface area (Å²) in [5, 5.41) is 3.37. The number of rotatable bonds is 7. The van der Waals surface area contributed by atoms with Crippen molar-refractivity contribution in [3.05, 3.63) is 71.0 Å². The van der Waals surface area contributed by atoms with Crippen LogP contribution >= 0.6 is 11.6 Å². The Morgan fingerprint density at radius 2 is 1.83 bits per heavy atom. The van der Waals surface area contributed by atoms with E-state index in [9.17, 15) is 9.59 Å². The quantitative estimate of drug-likeness (QED) is 0.386. The van der Waals surface area contributed by atoms with Gasteiger partial charge in [0.25, 0.3) is 0 Å². The van der Waals surface area contributed by atoms with Crippen LogP contribution in [0.15, 0.2) is 54.9 Å². The van der Waals surface area contributed by atoms with Crippen molar-refractivity contribution in [2.75, 3.05) is 16.0 Å². The van der Waals surface area contributed by atoms with Crippen LogP contribution in [0.4, 0.5) is 27.8 Å². The minimum absolute atomic E-state index is 0.150. The molecule has 2 amide bonds. The number of nitrogens with two attached hydrogens (primary N) is 1. The fourth-order valence-corrected chi connectivity index (χ4v) is 3.80. The van der Waals surface area contributed by atoms with E-state index in [1.54, 1.807) is 52.0 Å². The predicted molar refractivity (Wildman–Crippen MR) is 144 cm³/mol. The summed E-state index contributed by atoms with van der Waals surface area (Å²) in [5.41, 5.74) is 8.01. The van der Waals surface area contributed by atoms with Gasteiger partial charge >= 0.3 is 6.09 Å². The molecule has 0 saturated heterocycles. The third-order valence-electron chi connectivity index (χ3n) is 5.52. The van der Waals surface area contributed by atoms with Gasteiger partial charge in [-0.2, -0.15) is 0 Å². The van der Waals surface area contributed by atoms with Crippen molar-refractivity contribution in [2.45, 2.75) is 53.1 Å². The maximum atomic E-state index is 14.0. The van der Waals surface area contributed by atoms with E-state index in [-0.39, 0.29) is 17.6 Å². The Balaban J connectivity index is 2.00. The lowest BCUT2D eigenvalue weighted by Gasteiger charge is -2.28. The molecule has 0 aliphatic heterocycles. The molecule has 0 spiro atoms. The molecule has 190 valence electrons. The summed E-state index contributed by atoms with van der Waals surface area (Å²) in [6, 6.07) is 14.4. The van der Waals surface area contributed by atoms with Crippen molar-refractivity contribution in [3.63, 3.8) is 0 Å². The van der Waals surface area contributed by atoms with Crippen LogP contribution in [-0.2, 0) is 16.0 Å². The van der Waals surface area contributed by atoms with Crippen molar-refractivity contribution in [2.24, 2.45) is 5.92 Å². The number of ether oxygens (including phenoxy) is 1. The molecule has 36 heavy (non-hydrogen) atoms. The number of carbonyl (C=O) groups excluding carboxylic acids is 2. The molecular weight excluding hydrogens is 478 g/mol. The Morgan fingerprint density at radius 3 is 2.47 bits per heavy atom. The van der Waals surface area contributed by atoms with Crippen LogP contribution in [-0.4, -0.2) is 27.6 Å². The van der Waals surface area contributed by atoms with Crippen molar-refractivity contribution < 1.29 is 14.3 Å². The first kappa shape index (κ1) is 26.9. The number of carbonyl (C=O) groups is 2. The van der Waals surface area contributed by atoms with Gasteiger partial charge in [-0.25, -0.2) is 14.8 Å². The fraction of sp³-hybridized carbons (Fsp3) is 0.333. The molecule has 0 fully saturated rings. The second-order valence-electron chi connectivity index (χ2n) is 9.49. The average molecular weight is 510 g/mol. The standard InChI is InChI=1S/C27H32ClN5O3/c1-6-19(14-18-10-12-20(28)13-11-18)25(34)33(24-17(2)23(29)30-16-31-24)22-9-7-8-21(15-22)32-26(35)36-27(3,4)5/h7-13,15-16,19H,6,14H2,1-5H3,(H,32,35)(H2,29,30,31). The van der Waals surface area contributed by atoms with E-state index in [1.807, 2.05) is 31.2 Å². The van der Waals surface area contributed by atoms with Gasteiger partial charge in [0, 0.05) is 22.2 Å². The number of aromatic nitrogens is 2. The third-order valence-corrected chi connectivity index (χ3v) is 5.77. The summed E-state index contributed by atoms with van der Waals surface area (Å²) < 4.78 is 5.36. The molecule has 1 heterocycles. The molecule has 0 aliphatic rings. The number of halogens is 1. The van der Waals surface area contributed by atoms with E-state index in [0.29, 0.717) is 40.6 Å². The molecule has 0 bridgehead atoms. The van der Waals surface area contributed by atoms with Crippen LogP contribution in [0.1, 0.15) is 45.2 Å². The Morgan fingerprint density at radius 1 is 1.14 bits per heavy atom. The maximum Gasteiger partial charge on any atom is 0.412 e. The largest absolute Gasteiger partial charge is 0.444 e. The van der Waals surface area contributed by atoms with Gasteiger partial charge in [0.05, 0.1) is 5.69 Å². The zero-order chi connectivity index (χ0) is 26.5. The Labute approximate surface area is 216 Å². The zero-order valence-electron chi connectivity index (χ0n) is 21.2. The highest BCUT2D eigenvalue weighted by atomic mass is 35.5. The Bertz CT molecular complexity index is 1220. The number of hydrogen-bond donors (Lipinski definition) is 2. The monoisotopic (exact) mass is 509 g/mol. The van der Waals surface area contributed by atoms with E-state index in [2.05, 4.69) is 15.3 Å². The number of hydrogen-bond acceptors (Lipinski definition) is 6.